The minimum atomic E-state index is -0.884. The van der Waals surface area contributed by atoms with Crippen molar-refractivity contribution in [3.8, 4) is 0 Å². The average molecular weight is 319 g/mol. The molecule has 5 nitrogen and oxygen atoms in total. The standard InChI is InChI=1S/C16H15ClN2O3/c1-22-15(20)14(11-6-3-2-4-7-11)19-16(21)18-13-9-5-8-12(17)10-13/h2-10,14H,1H3,(H2,18,19,21). The zero-order chi connectivity index (χ0) is 15.9. The Bertz CT molecular complexity index is 661. The molecular weight excluding hydrogens is 304 g/mol. The van der Waals surface area contributed by atoms with E-state index < -0.39 is 18.0 Å². The van der Waals surface area contributed by atoms with Crippen LogP contribution in [0.15, 0.2) is 54.6 Å². The topological polar surface area (TPSA) is 67.4 Å². The number of esters is 1. The number of urea groups is 1. The molecule has 6 heteroatoms. The van der Waals surface area contributed by atoms with E-state index in [-0.39, 0.29) is 0 Å². The van der Waals surface area contributed by atoms with Gasteiger partial charge in [0.15, 0.2) is 6.04 Å². The maximum absolute atomic E-state index is 12.1. The van der Waals surface area contributed by atoms with Crippen molar-refractivity contribution in [1.82, 2.24) is 5.32 Å². The maximum Gasteiger partial charge on any atom is 0.333 e. The predicted molar refractivity (Wildman–Crippen MR) is 84.8 cm³/mol. The van der Waals surface area contributed by atoms with Gasteiger partial charge in [0.25, 0.3) is 0 Å². The van der Waals surface area contributed by atoms with Crippen molar-refractivity contribution in [2.24, 2.45) is 0 Å². The third kappa shape index (κ3) is 4.23. The molecule has 0 aliphatic heterocycles. The van der Waals surface area contributed by atoms with Crippen LogP contribution in [0.3, 0.4) is 0 Å². The Morgan fingerprint density at radius 2 is 1.82 bits per heavy atom. The third-order valence-corrected chi connectivity index (χ3v) is 3.16. The van der Waals surface area contributed by atoms with Gasteiger partial charge in [-0.3, -0.25) is 0 Å². The van der Waals surface area contributed by atoms with Gasteiger partial charge in [0.05, 0.1) is 7.11 Å². The highest BCUT2D eigenvalue weighted by Crippen LogP contribution is 2.17. The van der Waals surface area contributed by atoms with E-state index in [0.29, 0.717) is 16.3 Å². The van der Waals surface area contributed by atoms with Crippen LogP contribution in [0.1, 0.15) is 11.6 Å². The number of carbonyl (C=O) groups is 2. The molecule has 0 radical (unpaired) electrons. The zero-order valence-electron chi connectivity index (χ0n) is 11.9. The number of rotatable bonds is 4. The first-order valence-electron chi connectivity index (χ1n) is 6.56. The van der Waals surface area contributed by atoms with Crippen molar-refractivity contribution in [2.45, 2.75) is 6.04 Å². The Morgan fingerprint density at radius 1 is 1.09 bits per heavy atom. The normalized spacial score (nSPS) is 11.4. The van der Waals surface area contributed by atoms with Gasteiger partial charge in [-0.2, -0.15) is 0 Å². The van der Waals surface area contributed by atoms with E-state index in [4.69, 9.17) is 16.3 Å². The van der Waals surface area contributed by atoms with Gasteiger partial charge >= 0.3 is 12.0 Å². The molecule has 0 saturated carbocycles. The number of hydrogen-bond donors (Lipinski definition) is 2. The van der Waals surface area contributed by atoms with Crippen LogP contribution in [0.2, 0.25) is 5.02 Å². The van der Waals surface area contributed by atoms with E-state index in [2.05, 4.69) is 10.6 Å². The molecule has 0 spiro atoms. The molecule has 0 aliphatic carbocycles. The van der Waals surface area contributed by atoms with Crippen LogP contribution in [0.4, 0.5) is 10.5 Å². The van der Waals surface area contributed by atoms with Crippen LogP contribution in [-0.4, -0.2) is 19.1 Å². The van der Waals surface area contributed by atoms with Gasteiger partial charge in [-0.15, -0.1) is 0 Å². The number of hydrogen-bond acceptors (Lipinski definition) is 3. The first kappa shape index (κ1) is 15.9. The Hall–Kier alpha value is -2.53. The summed E-state index contributed by atoms with van der Waals surface area (Å²) < 4.78 is 4.73. The zero-order valence-corrected chi connectivity index (χ0v) is 12.6. The van der Waals surface area contributed by atoms with Gasteiger partial charge in [-0.05, 0) is 23.8 Å². The molecule has 0 saturated heterocycles. The van der Waals surface area contributed by atoms with E-state index in [1.54, 1.807) is 48.5 Å². The Kier molecular flexibility index (Phi) is 5.38. The molecule has 2 aromatic rings. The molecule has 2 aromatic carbocycles. The summed E-state index contributed by atoms with van der Waals surface area (Å²) >= 11 is 5.86. The van der Waals surface area contributed by atoms with Crippen molar-refractivity contribution in [3.63, 3.8) is 0 Å². The third-order valence-electron chi connectivity index (χ3n) is 2.93. The molecule has 0 aliphatic rings. The van der Waals surface area contributed by atoms with E-state index >= 15 is 0 Å². The molecule has 0 bridgehead atoms. The largest absolute Gasteiger partial charge is 0.467 e. The smallest absolute Gasteiger partial charge is 0.333 e. The number of benzene rings is 2. The molecule has 0 aromatic heterocycles. The molecule has 22 heavy (non-hydrogen) atoms. The second-order valence-corrected chi connectivity index (χ2v) is 4.91. The van der Waals surface area contributed by atoms with Crippen LogP contribution in [0, 0.1) is 0 Å². The summed E-state index contributed by atoms with van der Waals surface area (Å²) in [5, 5.41) is 5.71. The van der Waals surface area contributed by atoms with Crippen molar-refractivity contribution < 1.29 is 14.3 Å². The van der Waals surface area contributed by atoms with Gasteiger partial charge in [0.2, 0.25) is 0 Å². The quantitative estimate of drug-likeness (QED) is 0.849. The Labute approximate surface area is 133 Å². The summed E-state index contributed by atoms with van der Waals surface area (Å²) in [6.07, 6.45) is 0. The number of nitrogens with one attached hydrogen (secondary N) is 2. The van der Waals surface area contributed by atoms with Gasteiger partial charge in [-0.25, -0.2) is 9.59 Å². The summed E-state index contributed by atoms with van der Waals surface area (Å²) in [6, 6.07) is 14.2. The molecular formula is C16H15ClN2O3. The number of ether oxygens (including phenoxy) is 1. The summed E-state index contributed by atoms with van der Waals surface area (Å²) in [5.41, 5.74) is 1.16. The highest BCUT2D eigenvalue weighted by Gasteiger charge is 2.23. The molecule has 1 unspecified atom stereocenters. The second kappa shape index (κ2) is 7.47. The SMILES string of the molecule is COC(=O)C(NC(=O)Nc1cccc(Cl)c1)c1ccccc1. The first-order valence-corrected chi connectivity index (χ1v) is 6.94. The summed E-state index contributed by atoms with van der Waals surface area (Å²) in [5.74, 6) is -0.549. The summed E-state index contributed by atoms with van der Waals surface area (Å²) in [4.78, 5) is 23.9. The Balaban J connectivity index is 2.10. The molecule has 2 rings (SSSR count). The minimum Gasteiger partial charge on any atom is -0.467 e. The molecule has 0 fully saturated rings. The number of amides is 2. The van der Waals surface area contributed by atoms with Crippen LogP contribution >= 0.6 is 11.6 Å². The van der Waals surface area contributed by atoms with Crippen LogP contribution < -0.4 is 10.6 Å². The van der Waals surface area contributed by atoms with Crippen LogP contribution in [-0.2, 0) is 9.53 Å². The fourth-order valence-electron chi connectivity index (χ4n) is 1.91. The fourth-order valence-corrected chi connectivity index (χ4v) is 2.10. The highest BCUT2D eigenvalue weighted by atomic mass is 35.5. The number of anilines is 1. The Morgan fingerprint density at radius 3 is 2.45 bits per heavy atom. The van der Waals surface area contributed by atoms with E-state index in [0.717, 1.165) is 0 Å². The van der Waals surface area contributed by atoms with Gasteiger partial charge in [0.1, 0.15) is 0 Å². The summed E-state index contributed by atoms with van der Waals surface area (Å²) in [7, 11) is 1.27. The molecule has 114 valence electrons. The number of methoxy groups -OCH3 is 1. The summed E-state index contributed by atoms with van der Waals surface area (Å²) in [6.45, 7) is 0. The molecule has 2 amide bonds. The number of halogens is 1. The fraction of sp³-hybridized carbons (Fsp3) is 0.125. The number of carbonyl (C=O) groups excluding carboxylic acids is 2. The van der Waals surface area contributed by atoms with E-state index in [1.165, 1.54) is 7.11 Å². The minimum absolute atomic E-state index is 0.505. The average Bonchev–Trinajstić information content (AvgIpc) is 2.53. The van der Waals surface area contributed by atoms with Crippen molar-refractivity contribution in [1.29, 1.82) is 0 Å². The van der Waals surface area contributed by atoms with Crippen molar-refractivity contribution >= 4 is 29.3 Å². The van der Waals surface area contributed by atoms with Crippen LogP contribution in [0.25, 0.3) is 0 Å². The van der Waals surface area contributed by atoms with Gasteiger partial charge in [-0.1, -0.05) is 48.0 Å². The second-order valence-electron chi connectivity index (χ2n) is 4.48. The molecule has 1 atom stereocenters. The molecule has 0 heterocycles. The van der Waals surface area contributed by atoms with Gasteiger partial charge < -0.3 is 15.4 Å². The maximum atomic E-state index is 12.1. The predicted octanol–water partition coefficient (Wildman–Crippen LogP) is 3.38. The first-order chi connectivity index (χ1) is 10.6. The lowest BCUT2D eigenvalue weighted by molar-refractivity contribution is -0.143. The molecule has 2 N–H and O–H groups in total. The lowest BCUT2D eigenvalue weighted by atomic mass is 10.1. The van der Waals surface area contributed by atoms with Gasteiger partial charge in [0, 0.05) is 10.7 Å². The van der Waals surface area contributed by atoms with Crippen molar-refractivity contribution in [2.75, 3.05) is 12.4 Å². The van der Waals surface area contributed by atoms with E-state index in [9.17, 15) is 9.59 Å². The lowest BCUT2D eigenvalue weighted by Crippen LogP contribution is -2.37. The highest BCUT2D eigenvalue weighted by molar-refractivity contribution is 6.30. The lowest BCUT2D eigenvalue weighted by Gasteiger charge is -2.17. The van der Waals surface area contributed by atoms with E-state index in [1.807, 2.05) is 6.07 Å². The monoisotopic (exact) mass is 318 g/mol. The van der Waals surface area contributed by atoms with Crippen LogP contribution in [0.5, 0.6) is 0 Å². The van der Waals surface area contributed by atoms with Crippen molar-refractivity contribution in [3.05, 3.63) is 65.2 Å².